The molecule has 1 fully saturated rings. The van der Waals surface area contributed by atoms with Crippen molar-refractivity contribution in [1.82, 2.24) is 25.1 Å². The van der Waals surface area contributed by atoms with Gasteiger partial charge in [-0.15, -0.1) is 0 Å². The summed E-state index contributed by atoms with van der Waals surface area (Å²) in [6.45, 7) is 4.13. The maximum atomic E-state index is 4.48. The number of aromatic nitrogens is 2. The number of hydrogen-bond donors (Lipinski definition) is 2. The molecule has 1 aliphatic heterocycles. The predicted octanol–water partition coefficient (Wildman–Crippen LogP) is 0.0474. The Bertz CT molecular complexity index is 335. The third-order valence-electron chi connectivity index (χ3n) is 3.18. The minimum atomic E-state index is 0.393. The number of nitrogens with zero attached hydrogens (tertiary/aromatic N) is 3. The first kappa shape index (κ1) is 11.6. The van der Waals surface area contributed by atoms with Crippen LogP contribution < -0.4 is 5.32 Å². The number of likely N-dealkylation sites (N-methyl/N-ethyl adjacent to an activating group) is 2. The zero-order chi connectivity index (χ0) is 11.5. The molecule has 1 saturated heterocycles. The number of H-pyrrole nitrogens is 1. The molecule has 1 unspecified atom stereocenters. The van der Waals surface area contributed by atoms with Crippen LogP contribution in [0.5, 0.6) is 0 Å². The Labute approximate surface area is 96.8 Å². The molecule has 2 N–H and O–H groups in total. The predicted molar refractivity (Wildman–Crippen MR) is 64.2 cm³/mol. The van der Waals surface area contributed by atoms with Crippen molar-refractivity contribution in [2.75, 3.05) is 40.8 Å². The maximum Gasteiger partial charge on any atom is 0.125 e. The van der Waals surface area contributed by atoms with Gasteiger partial charge in [0.25, 0.3) is 0 Å². The number of imidazole rings is 1. The number of piperazine rings is 1. The molecule has 1 aromatic heterocycles. The number of nitrogens with one attached hydrogen (secondary N) is 2. The highest BCUT2D eigenvalue weighted by Crippen LogP contribution is 2.20. The summed E-state index contributed by atoms with van der Waals surface area (Å²) in [5, 5.41) is 3.12. The maximum absolute atomic E-state index is 4.48. The average molecular weight is 223 g/mol. The van der Waals surface area contributed by atoms with Crippen LogP contribution in [0.25, 0.3) is 0 Å². The molecule has 16 heavy (non-hydrogen) atoms. The van der Waals surface area contributed by atoms with Crippen LogP contribution in [0.4, 0.5) is 0 Å². The van der Waals surface area contributed by atoms with Crippen molar-refractivity contribution in [3.63, 3.8) is 0 Å². The van der Waals surface area contributed by atoms with Crippen molar-refractivity contribution >= 4 is 0 Å². The van der Waals surface area contributed by atoms with E-state index < -0.39 is 0 Å². The first-order valence-electron chi connectivity index (χ1n) is 5.78. The quantitative estimate of drug-likeness (QED) is 0.760. The molecule has 0 saturated carbocycles. The molecule has 0 bridgehead atoms. The van der Waals surface area contributed by atoms with Crippen molar-refractivity contribution in [3.05, 3.63) is 17.7 Å². The molecule has 5 nitrogen and oxygen atoms in total. The van der Waals surface area contributed by atoms with Crippen LogP contribution >= 0.6 is 0 Å². The van der Waals surface area contributed by atoms with Gasteiger partial charge in [0.2, 0.25) is 0 Å². The summed E-state index contributed by atoms with van der Waals surface area (Å²) < 4.78 is 0. The molecule has 90 valence electrons. The molecule has 1 aromatic rings. The zero-order valence-electron chi connectivity index (χ0n) is 10.3. The van der Waals surface area contributed by atoms with E-state index in [-0.39, 0.29) is 0 Å². The van der Waals surface area contributed by atoms with Gasteiger partial charge in [0.05, 0.1) is 6.04 Å². The van der Waals surface area contributed by atoms with Gasteiger partial charge in [0, 0.05) is 38.1 Å². The monoisotopic (exact) mass is 223 g/mol. The van der Waals surface area contributed by atoms with Crippen molar-refractivity contribution in [1.29, 1.82) is 0 Å². The van der Waals surface area contributed by atoms with Crippen LogP contribution in [0.2, 0.25) is 0 Å². The number of hydrogen-bond acceptors (Lipinski definition) is 4. The minimum Gasteiger partial charge on any atom is -0.343 e. The highest BCUT2D eigenvalue weighted by atomic mass is 15.3. The summed E-state index contributed by atoms with van der Waals surface area (Å²) in [4.78, 5) is 12.6. The molecular formula is C11H21N5. The van der Waals surface area contributed by atoms with Crippen LogP contribution in [0.15, 0.2) is 6.20 Å². The Morgan fingerprint density at radius 2 is 2.31 bits per heavy atom. The standard InChI is InChI=1S/C11H21N5/c1-12-6-9-7-13-11(14-9)10-8-15(2)4-5-16(10)3/h7,10,12H,4-6,8H2,1-3H3,(H,13,14). The second-order valence-electron chi connectivity index (χ2n) is 4.58. The summed E-state index contributed by atoms with van der Waals surface area (Å²) in [5.41, 5.74) is 1.15. The van der Waals surface area contributed by atoms with Crippen molar-refractivity contribution in [2.24, 2.45) is 0 Å². The van der Waals surface area contributed by atoms with Gasteiger partial charge in [-0.3, -0.25) is 4.90 Å². The third kappa shape index (κ3) is 2.42. The second kappa shape index (κ2) is 4.95. The highest BCUT2D eigenvalue weighted by molar-refractivity contribution is 5.06. The lowest BCUT2D eigenvalue weighted by molar-refractivity contribution is 0.110. The number of rotatable bonds is 3. The van der Waals surface area contributed by atoms with Gasteiger partial charge in [-0.05, 0) is 21.1 Å². The van der Waals surface area contributed by atoms with Crippen LogP contribution in [0.3, 0.4) is 0 Å². The lowest BCUT2D eigenvalue weighted by Gasteiger charge is -2.36. The molecule has 0 radical (unpaired) electrons. The van der Waals surface area contributed by atoms with E-state index in [1.54, 1.807) is 0 Å². The molecule has 1 atom stereocenters. The van der Waals surface area contributed by atoms with Crippen molar-refractivity contribution < 1.29 is 0 Å². The first-order valence-corrected chi connectivity index (χ1v) is 5.78. The van der Waals surface area contributed by atoms with Crippen LogP contribution in [0.1, 0.15) is 17.6 Å². The van der Waals surface area contributed by atoms with Crippen molar-refractivity contribution in [2.45, 2.75) is 12.6 Å². The summed E-state index contributed by atoms with van der Waals surface area (Å²) in [6, 6.07) is 0.393. The van der Waals surface area contributed by atoms with Crippen LogP contribution in [0, 0.1) is 0 Å². The topological polar surface area (TPSA) is 47.2 Å². The van der Waals surface area contributed by atoms with E-state index in [1.807, 2.05) is 13.2 Å². The van der Waals surface area contributed by atoms with Gasteiger partial charge >= 0.3 is 0 Å². The fourth-order valence-corrected chi connectivity index (χ4v) is 2.13. The zero-order valence-corrected chi connectivity index (χ0v) is 10.3. The van der Waals surface area contributed by atoms with E-state index in [9.17, 15) is 0 Å². The second-order valence-corrected chi connectivity index (χ2v) is 4.58. The van der Waals surface area contributed by atoms with Gasteiger partial charge in [0.1, 0.15) is 5.82 Å². The fraction of sp³-hybridized carbons (Fsp3) is 0.727. The van der Waals surface area contributed by atoms with Gasteiger partial charge in [-0.1, -0.05) is 0 Å². The number of aromatic amines is 1. The van der Waals surface area contributed by atoms with E-state index in [1.165, 1.54) is 0 Å². The molecule has 2 rings (SSSR count). The lowest BCUT2D eigenvalue weighted by Crippen LogP contribution is -2.45. The van der Waals surface area contributed by atoms with Crippen molar-refractivity contribution in [3.8, 4) is 0 Å². The molecule has 0 spiro atoms. The van der Waals surface area contributed by atoms with Gasteiger partial charge < -0.3 is 15.2 Å². The Kier molecular flexibility index (Phi) is 3.58. The van der Waals surface area contributed by atoms with Gasteiger partial charge in [0.15, 0.2) is 0 Å². The molecule has 2 heterocycles. The third-order valence-corrected chi connectivity index (χ3v) is 3.18. The molecule has 1 aliphatic rings. The summed E-state index contributed by atoms with van der Waals surface area (Å²) >= 11 is 0. The highest BCUT2D eigenvalue weighted by Gasteiger charge is 2.25. The van der Waals surface area contributed by atoms with Crippen LogP contribution in [-0.4, -0.2) is 60.5 Å². The Morgan fingerprint density at radius 3 is 3.06 bits per heavy atom. The fourth-order valence-electron chi connectivity index (χ4n) is 2.13. The smallest absolute Gasteiger partial charge is 0.125 e. The van der Waals surface area contributed by atoms with E-state index in [2.05, 4.69) is 39.2 Å². The Hall–Kier alpha value is -0.910. The molecule has 5 heteroatoms. The average Bonchev–Trinajstić information content (AvgIpc) is 2.71. The summed E-state index contributed by atoms with van der Waals surface area (Å²) in [7, 11) is 6.27. The molecular weight excluding hydrogens is 202 g/mol. The largest absolute Gasteiger partial charge is 0.343 e. The first-order chi connectivity index (χ1) is 7.70. The van der Waals surface area contributed by atoms with E-state index in [0.29, 0.717) is 6.04 Å². The van der Waals surface area contributed by atoms with E-state index >= 15 is 0 Å². The van der Waals surface area contributed by atoms with Gasteiger partial charge in [-0.25, -0.2) is 4.98 Å². The van der Waals surface area contributed by atoms with Gasteiger partial charge in [-0.2, -0.15) is 0 Å². The normalized spacial score (nSPS) is 23.8. The minimum absolute atomic E-state index is 0.393. The summed E-state index contributed by atoms with van der Waals surface area (Å²) in [6.07, 6.45) is 1.92. The Morgan fingerprint density at radius 1 is 1.50 bits per heavy atom. The van der Waals surface area contributed by atoms with E-state index in [0.717, 1.165) is 37.7 Å². The van der Waals surface area contributed by atoms with Crippen LogP contribution in [-0.2, 0) is 6.54 Å². The molecule has 0 aliphatic carbocycles. The lowest BCUT2D eigenvalue weighted by atomic mass is 10.2. The van der Waals surface area contributed by atoms with E-state index in [4.69, 9.17) is 0 Å². The molecule has 0 aromatic carbocycles. The Balaban J connectivity index is 2.08. The summed E-state index contributed by atoms with van der Waals surface area (Å²) in [5.74, 6) is 1.08. The SMILES string of the molecule is CNCc1cnc(C2CN(C)CCN2C)[nH]1. The molecule has 0 amide bonds.